The number of hydrogen-bond donors (Lipinski definition) is 1. The zero-order chi connectivity index (χ0) is 16.2. The van der Waals surface area contributed by atoms with Gasteiger partial charge >= 0.3 is 0 Å². The number of hydrogen-bond acceptors (Lipinski definition) is 4. The molecule has 0 unspecified atom stereocenters. The van der Waals surface area contributed by atoms with Gasteiger partial charge in [-0.1, -0.05) is 13.8 Å². The Kier molecular flexibility index (Phi) is 3.94. The van der Waals surface area contributed by atoms with Crippen LogP contribution in [0.15, 0.2) is 0 Å². The van der Waals surface area contributed by atoms with E-state index in [1.54, 1.807) is 0 Å². The molecular formula is C18H30O4. The van der Waals surface area contributed by atoms with E-state index in [2.05, 4.69) is 13.8 Å². The van der Waals surface area contributed by atoms with Crippen LogP contribution in [-0.4, -0.2) is 36.5 Å². The first-order chi connectivity index (χ1) is 10.4. The molecule has 0 radical (unpaired) electrons. The van der Waals surface area contributed by atoms with Gasteiger partial charge in [0.1, 0.15) is 5.78 Å². The third kappa shape index (κ3) is 1.96. The molecule has 3 aliphatic rings. The van der Waals surface area contributed by atoms with Crippen LogP contribution in [0.25, 0.3) is 0 Å². The van der Waals surface area contributed by atoms with Crippen LogP contribution in [0, 0.1) is 28.6 Å². The second kappa shape index (κ2) is 5.29. The minimum absolute atomic E-state index is 0.0577. The standard InChI is InChI=1S/C18H30O4/c1-5-21-18(22-6-2)8-12-7-15(20)13-9-16(3,4)10-14(13)17(12,18)11-19/h12-14,19H,5-11H2,1-4H3/t12-,13+,14+,17+/m1/s1. The number of aliphatic hydroxyl groups excluding tert-OH is 1. The Balaban J connectivity index is 2.02. The number of rotatable bonds is 5. The Morgan fingerprint density at radius 1 is 1.14 bits per heavy atom. The molecule has 4 nitrogen and oxygen atoms in total. The van der Waals surface area contributed by atoms with Gasteiger partial charge in [-0.3, -0.25) is 4.79 Å². The minimum Gasteiger partial charge on any atom is -0.396 e. The molecule has 3 aliphatic carbocycles. The summed E-state index contributed by atoms with van der Waals surface area (Å²) in [6, 6.07) is 0. The maximum Gasteiger partial charge on any atom is 0.176 e. The first-order valence-corrected chi connectivity index (χ1v) is 8.77. The maximum atomic E-state index is 12.6. The van der Waals surface area contributed by atoms with E-state index in [1.807, 2.05) is 13.8 Å². The van der Waals surface area contributed by atoms with Gasteiger partial charge in [0.15, 0.2) is 5.79 Å². The topological polar surface area (TPSA) is 55.8 Å². The predicted molar refractivity (Wildman–Crippen MR) is 83.2 cm³/mol. The average molecular weight is 310 g/mol. The average Bonchev–Trinajstić information content (AvgIpc) is 2.75. The second-order valence-electron chi connectivity index (χ2n) is 8.17. The molecular weight excluding hydrogens is 280 g/mol. The Labute approximate surface area is 133 Å². The number of ether oxygens (including phenoxy) is 2. The molecule has 0 aromatic carbocycles. The van der Waals surface area contributed by atoms with Gasteiger partial charge in [0.2, 0.25) is 0 Å². The molecule has 4 atom stereocenters. The SMILES string of the molecule is CCOC1(OCC)C[C@H]2CC(=O)[C@H]3CC(C)(C)C[C@@H]3[C@]21CO. The predicted octanol–water partition coefficient (Wildman–Crippen LogP) is 2.78. The third-order valence-corrected chi connectivity index (χ3v) is 6.52. The van der Waals surface area contributed by atoms with E-state index in [0.717, 1.165) is 19.3 Å². The lowest BCUT2D eigenvalue weighted by Crippen LogP contribution is -2.73. The van der Waals surface area contributed by atoms with E-state index in [9.17, 15) is 9.90 Å². The summed E-state index contributed by atoms with van der Waals surface area (Å²) in [5.74, 6) is 0.161. The van der Waals surface area contributed by atoms with Crippen LogP contribution >= 0.6 is 0 Å². The molecule has 0 bridgehead atoms. The fraction of sp³-hybridized carbons (Fsp3) is 0.944. The van der Waals surface area contributed by atoms with Crippen LogP contribution in [0.3, 0.4) is 0 Å². The highest BCUT2D eigenvalue weighted by Gasteiger charge is 2.75. The number of aliphatic hydroxyl groups is 1. The van der Waals surface area contributed by atoms with Gasteiger partial charge in [-0.05, 0) is 43.9 Å². The molecule has 0 heterocycles. The number of ketones is 1. The lowest BCUT2D eigenvalue weighted by Gasteiger charge is -2.67. The van der Waals surface area contributed by atoms with E-state index in [1.165, 1.54) is 0 Å². The van der Waals surface area contributed by atoms with E-state index in [-0.39, 0.29) is 29.8 Å². The van der Waals surface area contributed by atoms with E-state index < -0.39 is 11.2 Å². The molecule has 0 aromatic rings. The van der Waals surface area contributed by atoms with Crippen LogP contribution in [-0.2, 0) is 14.3 Å². The summed E-state index contributed by atoms with van der Waals surface area (Å²) in [7, 11) is 0. The van der Waals surface area contributed by atoms with E-state index >= 15 is 0 Å². The van der Waals surface area contributed by atoms with Crippen molar-refractivity contribution < 1.29 is 19.4 Å². The normalized spacial score (nSPS) is 41.7. The van der Waals surface area contributed by atoms with Gasteiger partial charge in [0.05, 0.1) is 12.0 Å². The molecule has 126 valence electrons. The quantitative estimate of drug-likeness (QED) is 0.793. The largest absolute Gasteiger partial charge is 0.396 e. The van der Waals surface area contributed by atoms with Gasteiger partial charge in [0.25, 0.3) is 0 Å². The molecule has 0 amide bonds. The Bertz CT molecular complexity index is 452. The molecule has 3 rings (SSSR count). The van der Waals surface area contributed by atoms with Crippen molar-refractivity contribution in [3.8, 4) is 0 Å². The zero-order valence-corrected chi connectivity index (χ0v) is 14.4. The van der Waals surface area contributed by atoms with Crippen molar-refractivity contribution in [2.24, 2.45) is 28.6 Å². The van der Waals surface area contributed by atoms with Gasteiger partial charge in [-0.15, -0.1) is 0 Å². The highest BCUT2D eigenvalue weighted by atomic mass is 16.7. The lowest BCUT2D eigenvalue weighted by atomic mass is 9.43. The molecule has 22 heavy (non-hydrogen) atoms. The highest BCUT2D eigenvalue weighted by Crippen LogP contribution is 2.70. The molecule has 1 N–H and O–H groups in total. The highest BCUT2D eigenvalue weighted by molar-refractivity contribution is 5.83. The van der Waals surface area contributed by atoms with Gasteiger partial charge in [0, 0.05) is 32.0 Å². The molecule has 0 aromatic heterocycles. The van der Waals surface area contributed by atoms with Crippen LogP contribution < -0.4 is 0 Å². The van der Waals surface area contributed by atoms with Crippen molar-refractivity contribution in [1.82, 2.24) is 0 Å². The number of fused-ring (bicyclic) bond motifs is 3. The summed E-state index contributed by atoms with van der Waals surface area (Å²) in [4.78, 5) is 12.6. The van der Waals surface area contributed by atoms with Crippen molar-refractivity contribution in [3.05, 3.63) is 0 Å². The Morgan fingerprint density at radius 2 is 1.77 bits per heavy atom. The van der Waals surface area contributed by atoms with Crippen molar-refractivity contribution in [2.45, 2.75) is 59.2 Å². The van der Waals surface area contributed by atoms with Crippen molar-refractivity contribution in [3.63, 3.8) is 0 Å². The molecule has 3 fully saturated rings. The maximum absolute atomic E-state index is 12.6. The van der Waals surface area contributed by atoms with Crippen LogP contribution in [0.2, 0.25) is 0 Å². The van der Waals surface area contributed by atoms with Crippen LogP contribution in [0.5, 0.6) is 0 Å². The van der Waals surface area contributed by atoms with E-state index in [0.29, 0.717) is 25.4 Å². The Hall–Kier alpha value is -0.450. The minimum atomic E-state index is -0.694. The van der Waals surface area contributed by atoms with Gasteiger partial charge in [-0.2, -0.15) is 0 Å². The summed E-state index contributed by atoms with van der Waals surface area (Å²) in [5.41, 5.74) is -0.243. The fourth-order valence-electron chi connectivity index (χ4n) is 5.81. The third-order valence-electron chi connectivity index (χ3n) is 6.52. The number of carbonyl (C=O) groups excluding carboxylic acids is 1. The summed E-state index contributed by atoms with van der Waals surface area (Å²) in [5, 5.41) is 10.4. The fourth-order valence-corrected chi connectivity index (χ4v) is 5.81. The summed E-state index contributed by atoms with van der Waals surface area (Å²) in [6.07, 6.45) is 3.23. The second-order valence-corrected chi connectivity index (χ2v) is 8.17. The smallest absolute Gasteiger partial charge is 0.176 e. The lowest BCUT2D eigenvalue weighted by molar-refractivity contribution is -0.399. The van der Waals surface area contributed by atoms with Crippen molar-refractivity contribution >= 4 is 5.78 Å². The Morgan fingerprint density at radius 3 is 2.32 bits per heavy atom. The first kappa shape index (κ1) is 16.4. The van der Waals surface area contributed by atoms with Crippen LogP contribution in [0.4, 0.5) is 0 Å². The van der Waals surface area contributed by atoms with Crippen molar-refractivity contribution in [1.29, 1.82) is 0 Å². The van der Waals surface area contributed by atoms with E-state index in [4.69, 9.17) is 9.47 Å². The van der Waals surface area contributed by atoms with Gasteiger partial charge in [-0.25, -0.2) is 0 Å². The molecule has 3 saturated carbocycles. The summed E-state index contributed by atoms with van der Waals surface area (Å²) in [6.45, 7) is 9.63. The molecule has 0 aliphatic heterocycles. The first-order valence-electron chi connectivity index (χ1n) is 8.77. The molecule has 4 heteroatoms. The summed E-state index contributed by atoms with van der Waals surface area (Å²) < 4.78 is 12.2. The van der Waals surface area contributed by atoms with Crippen LogP contribution in [0.1, 0.15) is 53.4 Å². The van der Waals surface area contributed by atoms with Gasteiger partial charge < -0.3 is 14.6 Å². The number of carbonyl (C=O) groups is 1. The summed E-state index contributed by atoms with van der Waals surface area (Å²) >= 11 is 0. The number of Topliss-reactive ketones (excluding diaryl/α,β-unsaturated/α-hetero) is 1. The molecule has 0 spiro atoms. The van der Waals surface area contributed by atoms with Crippen molar-refractivity contribution in [2.75, 3.05) is 19.8 Å². The molecule has 0 saturated heterocycles. The monoisotopic (exact) mass is 310 g/mol. The zero-order valence-electron chi connectivity index (χ0n) is 14.4.